The largest absolute Gasteiger partial charge is 0.508 e. The first-order valence-corrected chi connectivity index (χ1v) is 7.51. The Morgan fingerprint density at radius 3 is 2.68 bits per heavy atom. The zero-order valence-corrected chi connectivity index (χ0v) is 12.5. The molecule has 114 valence electrons. The first-order valence-electron chi connectivity index (χ1n) is 7.51. The fraction of sp³-hybridized carbons (Fsp3) is 0.278. The normalized spacial score (nSPS) is 17.0. The third-order valence-corrected chi connectivity index (χ3v) is 3.99. The number of ether oxygens (including phenoxy) is 1. The van der Waals surface area contributed by atoms with Crippen molar-refractivity contribution in [2.45, 2.75) is 19.4 Å². The van der Waals surface area contributed by atoms with Crippen molar-refractivity contribution in [3.63, 3.8) is 0 Å². The number of carbonyl (C=O) groups is 1. The van der Waals surface area contributed by atoms with Crippen molar-refractivity contribution in [1.82, 2.24) is 4.90 Å². The van der Waals surface area contributed by atoms with Gasteiger partial charge in [0.15, 0.2) is 0 Å². The molecule has 0 aromatic heterocycles. The monoisotopic (exact) mass is 297 g/mol. The average molecular weight is 297 g/mol. The van der Waals surface area contributed by atoms with Crippen LogP contribution in [0.3, 0.4) is 0 Å². The van der Waals surface area contributed by atoms with Gasteiger partial charge < -0.3 is 9.84 Å². The third-order valence-electron chi connectivity index (χ3n) is 3.99. The van der Waals surface area contributed by atoms with Crippen LogP contribution in [0.1, 0.15) is 29.7 Å². The van der Waals surface area contributed by atoms with Gasteiger partial charge in [0.05, 0.1) is 12.6 Å². The number of benzene rings is 2. The summed E-state index contributed by atoms with van der Waals surface area (Å²) >= 11 is 0. The van der Waals surface area contributed by atoms with E-state index in [0.717, 1.165) is 17.5 Å². The van der Waals surface area contributed by atoms with Gasteiger partial charge in [0.25, 0.3) is 0 Å². The summed E-state index contributed by atoms with van der Waals surface area (Å²) in [7, 11) is 0. The fourth-order valence-electron chi connectivity index (χ4n) is 2.99. The highest BCUT2D eigenvalue weighted by molar-refractivity contribution is 5.70. The summed E-state index contributed by atoms with van der Waals surface area (Å²) in [6, 6.07) is 15.0. The van der Waals surface area contributed by atoms with Crippen LogP contribution in [0.25, 0.3) is 0 Å². The van der Waals surface area contributed by atoms with Crippen LogP contribution in [0, 0.1) is 0 Å². The van der Waals surface area contributed by atoms with Crippen LogP contribution in [0.15, 0.2) is 48.5 Å². The molecular weight excluding hydrogens is 278 g/mol. The molecule has 2 aromatic carbocycles. The quantitative estimate of drug-likeness (QED) is 0.923. The topological polar surface area (TPSA) is 49.8 Å². The molecular formula is C18H19NO3. The molecule has 1 atom stereocenters. The summed E-state index contributed by atoms with van der Waals surface area (Å²) in [4.78, 5) is 14.1. The molecule has 22 heavy (non-hydrogen) atoms. The van der Waals surface area contributed by atoms with Crippen molar-refractivity contribution in [2.24, 2.45) is 0 Å². The zero-order chi connectivity index (χ0) is 15.5. The number of amides is 1. The van der Waals surface area contributed by atoms with E-state index in [2.05, 4.69) is 12.1 Å². The first-order chi connectivity index (χ1) is 10.7. The number of hydrogen-bond donors (Lipinski definition) is 1. The third kappa shape index (κ3) is 2.64. The van der Waals surface area contributed by atoms with E-state index < -0.39 is 0 Å². The molecule has 0 saturated carbocycles. The highest BCUT2D eigenvalue weighted by Gasteiger charge is 2.32. The van der Waals surface area contributed by atoms with Crippen LogP contribution in [-0.4, -0.2) is 29.3 Å². The maximum absolute atomic E-state index is 12.3. The molecule has 4 nitrogen and oxygen atoms in total. The minimum absolute atomic E-state index is 0.176. The predicted molar refractivity (Wildman–Crippen MR) is 83.8 cm³/mol. The minimum Gasteiger partial charge on any atom is -0.508 e. The molecule has 4 heteroatoms. The number of phenolic OH excluding ortho intramolecular Hbond substituents is 1. The molecule has 0 bridgehead atoms. The second-order valence-electron chi connectivity index (χ2n) is 5.34. The van der Waals surface area contributed by atoms with Crippen LogP contribution in [0.4, 0.5) is 4.79 Å². The predicted octanol–water partition coefficient (Wildman–Crippen LogP) is 3.50. The van der Waals surface area contributed by atoms with Gasteiger partial charge in [-0.3, -0.25) is 4.90 Å². The average Bonchev–Trinajstić information content (AvgIpc) is 2.55. The van der Waals surface area contributed by atoms with Gasteiger partial charge in [0.1, 0.15) is 5.75 Å². The van der Waals surface area contributed by atoms with Crippen LogP contribution in [0.2, 0.25) is 0 Å². The molecule has 1 amide bonds. The second-order valence-corrected chi connectivity index (χ2v) is 5.34. The molecule has 0 fully saturated rings. The Hall–Kier alpha value is -2.49. The molecule has 1 heterocycles. The first kappa shape index (κ1) is 14.4. The van der Waals surface area contributed by atoms with Crippen LogP contribution >= 0.6 is 0 Å². The molecule has 1 N–H and O–H groups in total. The maximum atomic E-state index is 12.3. The van der Waals surface area contributed by atoms with E-state index in [4.69, 9.17) is 4.74 Å². The summed E-state index contributed by atoms with van der Waals surface area (Å²) in [5, 5.41) is 9.50. The standard InChI is InChI=1S/C18H19NO3/c1-2-22-18(21)19-12-11-13-5-3-4-6-16(13)17(19)14-7-9-15(20)10-8-14/h3-10,17,20H,2,11-12H2,1H3. The molecule has 0 spiro atoms. The van der Waals surface area contributed by atoms with Crippen molar-refractivity contribution in [2.75, 3.05) is 13.2 Å². The van der Waals surface area contributed by atoms with E-state index in [1.54, 1.807) is 17.0 Å². The number of fused-ring (bicyclic) bond motifs is 1. The maximum Gasteiger partial charge on any atom is 0.410 e. The van der Waals surface area contributed by atoms with E-state index in [0.29, 0.717) is 13.2 Å². The van der Waals surface area contributed by atoms with Crippen LogP contribution < -0.4 is 0 Å². The van der Waals surface area contributed by atoms with E-state index in [1.165, 1.54) is 5.56 Å². The Morgan fingerprint density at radius 2 is 1.95 bits per heavy atom. The molecule has 0 aliphatic carbocycles. The van der Waals surface area contributed by atoms with E-state index in [-0.39, 0.29) is 17.9 Å². The lowest BCUT2D eigenvalue weighted by atomic mass is 9.88. The number of carbonyl (C=O) groups excluding carboxylic acids is 1. The number of hydrogen-bond acceptors (Lipinski definition) is 3. The summed E-state index contributed by atoms with van der Waals surface area (Å²) < 4.78 is 5.21. The van der Waals surface area contributed by atoms with Crippen molar-refractivity contribution in [1.29, 1.82) is 0 Å². The lowest BCUT2D eigenvalue weighted by Crippen LogP contribution is -2.40. The van der Waals surface area contributed by atoms with E-state index in [1.807, 2.05) is 31.2 Å². The van der Waals surface area contributed by atoms with Gasteiger partial charge >= 0.3 is 6.09 Å². The highest BCUT2D eigenvalue weighted by atomic mass is 16.6. The molecule has 2 aromatic rings. The van der Waals surface area contributed by atoms with Gasteiger partial charge in [-0.2, -0.15) is 0 Å². The van der Waals surface area contributed by atoms with Gasteiger partial charge in [-0.1, -0.05) is 36.4 Å². The van der Waals surface area contributed by atoms with Crippen molar-refractivity contribution in [3.05, 3.63) is 65.2 Å². The fourth-order valence-corrected chi connectivity index (χ4v) is 2.99. The van der Waals surface area contributed by atoms with E-state index >= 15 is 0 Å². The zero-order valence-electron chi connectivity index (χ0n) is 12.5. The molecule has 0 radical (unpaired) electrons. The lowest BCUT2D eigenvalue weighted by Gasteiger charge is -2.36. The van der Waals surface area contributed by atoms with Crippen molar-refractivity contribution < 1.29 is 14.6 Å². The van der Waals surface area contributed by atoms with Gasteiger partial charge in [0, 0.05) is 6.54 Å². The Morgan fingerprint density at radius 1 is 1.23 bits per heavy atom. The van der Waals surface area contributed by atoms with Crippen LogP contribution in [0.5, 0.6) is 5.75 Å². The Labute approximate surface area is 130 Å². The Kier molecular flexibility index (Phi) is 4.00. The summed E-state index contributed by atoms with van der Waals surface area (Å²) in [5.74, 6) is 0.218. The summed E-state index contributed by atoms with van der Waals surface area (Å²) in [6.07, 6.45) is 0.527. The molecule has 1 aliphatic heterocycles. The summed E-state index contributed by atoms with van der Waals surface area (Å²) in [5.41, 5.74) is 3.34. The highest BCUT2D eigenvalue weighted by Crippen LogP contribution is 2.35. The van der Waals surface area contributed by atoms with Gasteiger partial charge in [-0.15, -0.1) is 0 Å². The molecule has 1 unspecified atom stereocenters. The van der Waals surface area contributed by atoms with Gasteiger partial charge in [-0.25, -0.2) is 4.79 Å². The number of aromatic hydroxyl groups is 1. The van der Waals surface area contributed by atoms with Crippen molar-refractivity contribution in [3.8, 4) is 5.75 Å². The summed E-state index contributed by atoms with van der Waals surface area (Å²) in [6.45, 7) is 2.80. The molecule has 3 rings (SSSR count). The van der Waals surface area contributed by atoms with Crippen molar-refractivity contribution >= 4 is 6.09 Å². The second kappa shape index (κ2) is 6.10. The smallest absolute Gasteiger partial charge is 0.410 e. The number of nitrogens with zero attached hydrogens (tertiary/aromatic N) is 1. The SMILES string of the molecule is CCOC(=O)N1CCc2ccccc2C1c1ccc(O)cc1. The number of phenols is 1. The Bertz CT molecular complexity index is 666. The Balaban J connectivity index is 2.05. The lowest BCUT2D eigenvalue weighted by molar-refractivity contribution is 0.0937. The van der Waals surface area contributed by atoms with E-state index in [9.17, 15) is 9.90 Å². The van der Waals surface area contributed by atoms with Gasteiger partial charge in [-0.05, 0) is 42.2 Å². The van der Waals surface area contributed by atoms with Crippen LogP contribution in [-0.2, 0) is 11.2 Å². The molecule has 1 aliphatic rings. The minimum atomic E-state index is -0.296. The van der Waals surface area contributed by atoms with Gasteiger partial charge in [0.2, 0.25) is 0 Å². The number of rotatable bonds is 2. The molecule has 0 saturated heterocycles.